The summed E-state index contributed by atoms with van der Waals surface area (Å²) in [6.07, 6.45) is 4.57. The molecule has 3 heterocycles. The van der Waals surface area contributed by atoms with Gasteiger partial charge in [0.25, 0.3) is 0 Å². The minimum absolute atomic E-state index is 0. The first-order chi connectivity index (χ1) is 14.6. The maximum absolute atomic E-state index is 5.50. The molecular formula is C22H37IN6OS. The van der Waals surface area contributed by atoms with E-state index in [1.165, 1.54) is 18.5 Å². The van der Waals surface area contributed by atoms with Crippen LogP contribution in [0.1, 0.15) is 67.6 Å². The number of likely N-dealkylation sites (tertiary alicyclic amines) is 1. The van der Waals surface area contributed by atoms with Crippen LogP contribution >= 0.6 is 35.3 Å². The molecule has 2 N–H and O–H groups in total. The number of nitrogens with one attached hydrogen (secondary N) is 2. The summed E-state index contributed by atoms with van der Waals surface area (Å²) < 4.78 is 5.50. The Morgan fingerprint density at radius 1 is 1.29 bits per heavy atom. The molecule has 9 heteroatoms. The maximum atomic E-state index is 5.50. The molecule has 31 heavy (non-hydrogen) atoms. The molecule has 0 spiro atoms. The van der Waals surface area contributed by atoms with Gasteiger partial charge in [-0.25, -0.2) is 4.98 Å². The Kier molecular flexibility index (Phi) is 11.2. The molecular weight excluding hydrogens is 523 g/mol. The highest BCUT2D eigenvalue weighted by atomic mass is 127. The van der Waals surface area contributed by atoms with E-state index in [4.69, 9.17) is 4.52 Å². The van der Waals surface area contributed by atoms with Crippen molar-refractivity contribution in [1.29, 1.82) is 0 Å². The van der Waals surface area contributed by atoms with E-state index in [0.29, 0.717) is 18.4 Å². The van der Waals surface area contributed by atoms with Crippen molar-refractivity contribution in [1.82, 2.24) is 25.7 Å². The number of aliphatic imine (C=N–C) groups is 1. The molecule has 1 fully saturated rings. The van der Waals surface area contributed by atoms with Crippen LogP contribution in [0.15, 0.2) is 21.0 Å². The second-order valence-corrected chi connectivity index (χ2v) is 9.18. The van der Waals surface area contributed by atoms with Crippen LogP contribution in [0.5, 0.6) is 0 Å². The molecule has 0 unspecified atom stereocenters. The lowest BCUT2D eigenvalue weighted by Crippen LogP contribution is -2.42. The number of piperidine rings is 1. The summed E-state index contributed by atoms with van der Waals surface area (Å²) in [6.45, 7) is 11.2. The number of rotatable bonds is 9. The quantitative estimate of drug-likeness (QED) is 0.267. The Morgan fingerprint density at radius 2 is 2.03 bits per heavy atom. The fourth-order valence-electron chi connectivity index (χ4n) is 4.00. The van der Waals surface area contributed by atoms with Gasteiger partial charge >= 0.3 is 0 Å². The fraction of sp³-hybridized carbons (Fsp3) is 0.682. The van der Waals surface area contributed by atoms with Gasteiger partial charge in [-0.1, -0.05) is 19.0 Å². The van der Waals surface area contributed by atoms with Gasteiger partial charge in [0.2, 0.25) is 0 Å². The second kappa shape index (κ2) is 13.4. The summed E-state index contributed by atoms with van der Waals surface area (Å²) in [5, 5.41) is 14.4. The van der Waals surface area contributed by atoms with Gasteiger partial charge in [0.05, 0.1) is 22.9 Å². The Morgan fingerprint density at radius 3 is 2.65 bits per heavy atom. The summed E-state index contributed by atoms with van der Waals surface area (Å²) in [7, 11) is 1.81. The van der Waals surface area contributed by atoms with E-state index < -0.39 is 0 Å². The van der Waals surface area contributed by atoms with Crippen LogP contribution < -0.4 is 10.6 Å². The Bertz CT molecular complexity index is 796. The van der Waals surface area contributed by atoms with Crippen LogP contribution in [0.4, 0.5) is 0 Å². The Labute approximate surface area is 207 Å². The number of hydrogen-bond donors (Lipinski definition) is 2. The Balaban J connectivity index is 0.00000341. The van der Waals surface area contributed by atoms with Crippen molar-refractivity contribution in [3.8, 4) is 0 Å². The molecule has 3 rings (SSSR count). The lowest BCUT2D eigenvalue weighted by atomic mass is 9.97. The van der Waals surface area contributed by atoms with Crippen molar-refractivity contribution in [2.24, 2.45) is 10.9 Å². The van der Waals surface area contributed by atoms with Crippen molar-refractivity contribution >= 4 is 41.3 Å². The molecule has 1 saturated heterocycles. The molecule has 174 valence electrons. The molecule has 0 saturated carbocycles. The first kappa shape index (κ1) is 26.1. The monoisotopic (exact) mass is 560 g/mol. The largest absolute Gasteiger partial charge is 0.359 e. The zero-order valence-corrected chi connectivity index (χ0v) is 22.3. The predicted octanol–water partition coefficient (Wildman–Crippen LogP) is 4.54. The molecule has 0 radical (unpaired) electrons. The molecule has 0 bridgehead atoms. The third-order valence-corrected chi connectivity index (χ3v) is 6.77. The van der Waals surface area contributed by atoms with Gasteiger partial charge in [0.1, 0.15) is 0 Å². The number of thiazole rings is 1. The third-order valence-electron chi connectivity index (χ3n) is 5.95. The third kappa shape index (κ3) is 8.02. The van der Waals surface area contributed by atoms with Crippen molar-refractivity contribution in [3.05, 3.63) is 33.6 Å². The lowest BCUT2D eigenvalue weighted by molar-refractivity contribution is 0.176. The molecule has 0 aliphatic carbocycles. The van der Waals surface area contributed by atoms with Crippen LogP contribution in [-0.4, -0.2) is 47.7 Å². The van der Waals surface area contributed by atoms with E-state index in [0.717, 1.165) is 61.4 Å². The number of guanidine groups is 1. The van der Waals surface area contributed by atoms with E-state index >= 15 is 0 Å². The Hall–Kier alpha value is -1.20. The minimum atomic E-state index is 0. The molecule has 0 atom stereocenters. The topological polar surface area (TPSA) is 78.6 Å². The van der Waals surface area contributed by atoms with Crippen LogP contribution in [0.2, 0.25) is 0 Å². The van der Waals surface area contributed by atoms with Crippen LogP contribution in [-0.2, 0) is 13.1 Å². The van der Waals surface area contributed by atoms with Crippen LogP contribution in [0.3, 0.4) is 0 Å². The smallest absolute Gasteiger partial charge is 0.191 e. The van der Waals surface area contributed by atoms with E-state index in [1.807, 2.05) is 7.05 Å². The summed E-state index contributed by atoms with van der Waals surface area (Å²) >= 11 is 1.74. The normalized spacial score (nSPS) is 15.8. The van der Waals surface area contributed by atoms with Crippen molar-refractivity contribution in [2.75, 3.05) is 26.7 Å². The number of halogens is 1. The van der Waals surface area contributed by atoms with Gasteiger partial charge in [-0.3, -0.25) is 9.89 Å². The summed E-state index contributed by atoms with van der Waals surface area (Å²) in [5.41, 5.74) is 2.26. The summed E-state index contributed by atoms with van der Waals surface area (Å²) in [4.78, 5) is 11.5. The van der Waals surface area contributed by atoms with E-state index in [9.17, 15) is 0 Å². The number of aromatic nitrogens is 2. The highest BCUT2D eigenvalue weighted by Gasteiger charge is 2.20. The fourth-order valence-corrected chi connectivity index (χ4v) is 4.61. The zero-order chi connectivity index (χ0) is 21.3. The average molecular weight is 561 g/mol. The predicted molar refractivity (Wildman–Crippen MR) is 138 cm³/mol. The van der Waals surface area contributed by atoms with Gasteiger partial charge in [0, 0.05) is 37.5 Å². The zero-order valence-electron chi connectivity index (χ0n) is 19.2. The van der Waals surface area contributed by atoms with Gasteiger partial charge < -0.3 is 15.2 Å². The molecule has 1 aliphatic rings. The van der Waals surface area contributed by atoms with E-state index in [-0.39, 0.29) is 24.0 Å². The molecule has 7 nitrogen and oxygen atoms in total. The summed E-state index contributed by atoms with van der Waals surface area (Å²) in [5.74, 6) is 2.82. The van der Waals surface area contributed by atoms with Crippen LogP contribution in [0, 0.1) is 12.8 Å². The lowest BCUT2D eigenvalue weighted by Gasteiger charge is -2.31. The van der Waals surface area contributed by atoms with Crippen molar-refractivity contribution < 1.29 is 4.52 Å². The molecule has 2 aromatic heterocycles. The SMILES string of the molecule is CCC(CC)c1cc(CNC(=NC)NCC2CCN(Cc3csc(C)n3)CC2)on1.I. The first-order valence-corrected chi connectivity index (χ1v) is 12.0. The number of nitrogens with zero attached hydrogens (tertiary/aromatic N) is 4. The summed E-state index contributed by atoms with van der Waals surface area (Å²) in [6, 6.07) is 2.07. The van der Waals surface area contributed by atoms with Crippen LogP contribution in [0.25, 0.3) is 0 Å². The average Bonchev–Trinajstić information content (AvgIpc) is 3.39. The maximum Gasteiger partial charge on any atom is 0.191 e. The van der Waals surface area contributed by atoms with Gasteiger partial charge in [0.15, 0.2) is 11.7 Å². The number of aryl methyl sites for hydroxylation is 1. The van der Waals surface area contributed by atoms with Gasteiger partial charge in [-0.2, -0.15) is 0 Å². The molecule has 1 aliphatic heterocycles. The highest BCUT2D eigenvalue weighted by Crippen LogP contribution is 2.22. The molecule has 2 aromatic rings. The first-order valence-electron chi connectivity index (χ1n) is 11.1. The second-order valence-electron chi connectivity index (χ2n) is 8.12. The minimum Gasteiger partial charge on any atom is -0.359 e. The number of hydrogen-bond acceptors (Lipinski definition) is 6. The van der Waals surface area contributed by atoms with E-state index in [2.05, 4.69) is 62.9 Å². The van der Waals surface area contributed by atoms with Crippen molar-refractivity contribution in [2.45, 2.75) is 65.5 Å². The highest BCUT2D eigenvalue weighted by molar-refractivity contribution is 14.0. The van der Waals surface area contributed by atoms with Crippen molar-refractivity contribution in [3.63, 3.8) is 0 Å². The van der Waals surface area contributed by atoms with Gasteiger partial charge in [-0.05, 0) is 51.6 Å². The van der Waals surface area contributed by atoms with E-state index in [1.54, 1.807) is 11.3 Å². The molecule has 0 amide bonds. The molecule has 0 aromatic carbocycles. The van der Waals surface area contributed by atoms with Gasteiger partial charge in [-0.15, -0.1) is 35.3 Å². The standard InChI is InChI=1S/C22H36N6OS.HI/c1-5-18(6-2)21-11-20(29-27-21)13-25-22(23-4)24-12-17-7-9-28(10-8-17)14-19-15-30-16(3)26-19;/h11,15,17-18H,5-10,12-14H2,1-4H3,(H2,23,24,25);1H.